The summed E-state index contributed by atoms with van der Waals surface area (Å²) in [7, 11) is 1.53. The Hall–Kier alpha value is -3.35. The number of hydrogen-bond donors (Lipinski definition) is 1. The van der Waals surface area contributed by atoms with Crippen LogP contribution in [0.2, 0.25) is 0 Å². The summed E-state index contributed by atoms with van der Waals surface area (Å²) in [6.45, 7) is 3.65. The van der Waals surface area contributed by atoms with Crippen LogP contribution in [0.15, 0.2) is 48.5 Å². The van der Waals surface area contributed by atoms with Crippen LogP contribution < -0.4 is 15.0 Å². The lowest BCUT2D eigenvalue weighted by Gasteiger charge is -2.20. The van der Waals surface area contributed by atoms with Gasteiger partial charge in [-0.15, -0.1) is 0 Å². The van der Waals surface area contributed by atoms with Crippen molar-refractivity contribution >= 4 is 29.2 Å². The van der Waals surface area contributed by atoms with Gasteiger partial charge in [-0.05, 0) is 38.1 Å². The number of amides is 2. The first kappa shape index (κ1) is 20.4. The molecule has 1 aliphatic heterocycles. The Balaban J connectivity index is 1.60. The summed E-state index contributed by atoms with van der Waals surface area (Å²) in [6.07, 6.45) is -0.942. The number of carbonyl (C=O) groups is 3. The van der Waals surface area contributed by atoms with Gasteiger partial charge >= 0.3 is 5.97 Å². The third-order valence-corrected chi connectivity index (χ3v) is 4.82. The predicted molar refractivity (Wildman–Crippen MR) is 109 cm³/mol. The van der Waals surface area contributed by atoms with Gasteiger partial charge in [-0.25, -0.2) is 0 Å². The number of hydrogen-bond acceptors (Lipinski definition) is 5. The molecule has 0 saturated carbocycles. The number of aryl methyl sites for hydroxylation is 1. The Bertz CT molecular complexity index is 910. The molecule has 1 fully saturated rings. The van der Waals surface area contributed by atoms with Crippen molar-refractivity contribution in [3.63, 3.8) is 0 Å². The van der Waals surface area contributed by atoms with Crippen molar-refractivity contribution in [3.05, 3.63) is 54.1 Å². The summed E-state index contributed by atoms with van der Waals surface area (Å²) in [5.41, 5.74) is 2.32. The second-order valence-corrected chi connectivity index (χ2v) is 7.01. The Morgan fingerprint density at radius 3 is 2.52 bits per heavy atom. The van der Waals surface area contributed by atoms with Gasteiger partial charge in [-0.3, -0.25) is 14.4 Å². The monoisotopic (exact) mass is 396 g/mol. The van der Waals surface area contributed by atoms with Crippen molar-refractivity contribution in [1.29, 1.82) is 0 Å². The highest BCUT2D eigenvalue weighted by Gasteiger charge is 2.38. The van der Waals surface area contributed by atoms with Gasteiger partial charge in [0.05, 0.1) is 18.7 Å². The first-order valence-corrected chi connectivity index (χ1v) is 9.40. The summed E-state index contributed by atoms with van der Waals surface area (Å²) >= 11 is 0. The molecule has 0 aromatic heterocycles. The molecule has 7 nitrogen and oxygen atoms in total. The third kappa shape index (κ3) is 4.74. The first-order chi connectivity index (χ1) is 13.9. The highest BCUT2D eigenvalue weighted by atomic mass is 16.5. The number of methoxy groups -OCH3 is 1. The van der Waals surface area contributed by atoms with Gasteiger partial charge in [0.2, 0.25) is 5.91 Å². The van der Waals surface area contributed by atoms with E-state index in [-0.39, 0.29) is 18.9 Å². The van der Waals surface area contributed by atoms with E-state index >= 15 is 0 Å². The molecular formula is C22H24N2O5. The molecular weight excluding hydrogens is 372 g/mol. The van der Waals surface area contributed by atoms with E-state index in [4.69, 9.17) is 9.47 Å². The number of esters is 1. The topological polar surface area (TPSA) is 84.9 Å². The third-order valence-electron chi connectivity index (χ3n) is 4.82. The molecule has 1 aliphatic rings. The van der Waals surface area contributed by atoms with Crippen molar-refractivity contribution in [1.82, 2.24) is 0 Å². The number of ether oxygens (including phenoxy) is 2. The highest BCUT2D eigenvalue weighted by molar-refractivity contribution is 6.01. The lowest BCUT2D eigenvalue weighted by atomic mass is 10.1. The number of nitrogens with one attached hydrogen (secondary N) is 1. The van der Waals surface area contributed by atoms with E-state index in [0.717, 1.165) is 5.56 Å². The maximum Gasteiger partial charge on any atom is 0.312 e. The van der Waals surface area contributed by atoms with Crippen molar-refractivity contribution in [2.45, 2.75) is 26.4 Å². The van der Waals surface area contributed by atoms with Crippen LogP contribution in [0.4, 0.5) is 11.4 Å². The number of nitrogens with zero attached hydrogens (tertiary/aromatic N) is 1. The molecule has 0 unspecified atom stereocenters. The van der Waals surface area contributed by atoms with Crippen molar-refractivity contribution in [3.8, 4) is 5.75 Å². The van der Waals surface area contributed by atoms with E-state index in [1.54, 1.807) is 30.3 Å². The summed E-state index contributed by atoms with van der Waals surface area (Å²) in [6, 6.07) is 14.4. The fourth-order valence-electron chi connectivity index (χ4n) is 3.16. The minimum atomic E-state index is -0.973. The van der Waals surface area contributed by atoms with Gasteiger partial charge < -0.3 is 19.7 Å². The number of rotatable bonds is 6. The SMILES string of the molecule is COc1ccccc1N1C[C@H](C(=O)O[C@@H](C)C(=O)Nc2ccc(C)cc2)CC1=O. The summed E-state index contributed by atoms with van der Waals surface area (Å²) < 4.78 is 10.6. The molecule has 1 N–H and O–H groups in total. The molecule has 29 heavy (non-hydrogen) atoms. The highest BCUT2D eigenvalue weighted by Crippen LogP contribution is 2.33. The first-order valence-electron chi connectivity index (χ1n) is 9.40. The van der Waals surface area contributed by atoms with Crippen LogP contribution in [-0.2, 0) is 19.1 Å². The smallest absolute Gasteiger partial charge is 0.312 e. The normalized spacial score (nSPS) is 17.0. The van der Waals surface area contributed by atoms with Crippen LogP contribution in [0, 0.1) is 12.8 Å². The minimum absolute atomic E-state index is 0.0309. The zero-order chi connectivity index (χ0) is 21.0. The minimum Gasteiger partial charge on any atom is -0.495 e. The Kier molecular flexibility index (Phi) is 6.16. The lowest BCUT2D eigenvalue weighted by Crippen LogP contribution is -2.33. The fourth-order valence-corrected chi connectivity index (χ4v) is 3.16. The molecule has 0 radical (unpaired) electrons. The second-order valence-electron chi connectivity index (χ2n) is 7.01. The maximum atomic E-state index is 12.5. The summed E-state index contributed by atoms with van der Waals surface area (Å²) in [5.74, 6) is -1.26. The fraction of sp³-hybridized carbons (Fsp3) is 0.318. The van der Waals surface area contributed by atoms with Gasteiger partial charge in [0.25, 0.3) is 5.91 Å². The van der Waals surface area contributed by atoms with Crippen LogP contribution in [0.1, 0.15) is 18.9 Å². The Labute approximate surface area is 169 Å². The molecule has 152 valence electrons. The van der Waals surface area contributed by atoms with Gasteiger partial charge in [0.1, 0.15) is 5.75 Å². The molecule has 3 rings (SSSR count). The number of para-hydroxylation sites is 2. The standard InChI is InChI=1S/C22H24N2O5/c1-14-8-10-17(11-9-14)23-21(26)15(2)29-22(27)16-12-20(25)24(13-16)18-6-4-5-7-19(18)28-3/h4-11,15-16H,12-13H2,1-3H3,(H,23,26)/t15-,16+/m0/s1. The lowest BCUT2D eigenvalue weighted by molar-refractivity contribution is -0.157. The quantitative estimate of drug-likeness (QED) is 0.759. The average Bonchev–Trinajstić information content (AvgIpc) is 3.11. The molecule has 2 aromatic rings. The van der Waals surface area contributed by atoms with E-state index < -0.39 is 23.9 Å². The number of anilines is 2. The molecule has 7 heteroatoms. The zero-order valence-corrected chi connectivity index (χ0v) is 16.7. The predicted octanol–water partition coefficient (Wildman–Crippen LogP) is 2.93. The van der Waals surface area contributed by atoms with Gasteiger partial charge in [0.15, 0.2) is 6.10 Å². The number of benzene rings is 2. The molecule has 1 saturated heterocycles. The van der Waals surface area contributed by atoms with Crippen LogP contribution in [-0.4, -0.2) is 37.5 Å². The van der Waals surface area contributed by atoms with Gasteiger partial charge in [0, 0.05) is 18.7 Å². The van der Waals surface area contributed by atoms with Crippen LogP contribution >= 0.6 is 0 Å². The zero-order valence-electron chi connectivity index (χ0n) is 16.7. The van der Waals surface area contributed by atoms with E-state index in [1.807, 2.05) is 25.1 Å². The molecule has 2 amide bonds. The summed E-state index contributed by atoms with van der Waals surface area (Å²) in [5, 5.41) is 2.71. The van der Waals surface area contributed by atoms with E-state index in [0.29, 0.717) is 17.1 Å². The van der Waals surface area contributed by atoms with Crippen LogP contribution in [0.25, 0.3) is 0 Å². The Morgan fingerprint density at radius 2 is 1.83 bits per heavy atom. The molecule has 1 heterocycles. The van der Waals surface area contributed by atoms with Gasteiger partial charge in [-0.2, -0.15) is 0 Å². The van der Waals surface area contributed by atoms with Crippen LogP contribution in [0.5, 0.6) is 5.75 Å². The molecule has 0 aliphatic carbocycles. The molecule has 0 spiro atoms. The largest absolute Gasteiger partial charge is 0.495 e. The van der Waals surface area contributed by atoms with E-state index in [1.165, 1.54) is 18.9 Å². The average molecular weight is 396 g/mol. The van der Waals surface area contributed by atoms with Crippen molar-refractivity contribution < 1.29 is 23.9 Å². The van der Waals surface area contributed by atoms with Crippen molar-refractivity contribution in [2.75, 3.05) is 23.9 Å². The van der Waals surface area contributed by atoms with Crippen LogP contribution in [0.3, 0.4) is 0 Å². The van der Waals surface area contributed by atoms with Gasteiger partial charge in [-0.1, -0.05) is 29.8 Å². The number of carbonyl (C=O) groups excluding carboxylic acids is 3. The molecule has 2 atom stereocenters. The molecule has 2 aromatic carbocycles. The van der Waals surface area contributed by atoms with Crippen molar-refractivity contribution in [2.24, 2.45) is 5.92 Å². The maximum absolute atomic E-state index is 12.5. The summed E-state index contributed by atoms with van der Waals surface area (Å²) in [4.78, 5) is 38.8. The second kappa shape index (κ2) is 8.77. The van der Waals surface area contributed by atoms with E-state index in [9.17, 15) is 14.4 Å². The van der Waals surface area contributed by atoms with E-state index in [2.05, 4.69) is 5.32 Å². The molecule has 0 bridgehead atoms. The Morgan fingerprint density at radius 1 is 1.14 bits per heavy atom.